The Morgan fingerprint density at radius 1 is 0.792 bits per heavy atom. The van der Waals surface area contributed by atoms with Crippen LogP contribution in [0.25, 0.3) is 21.7 Å². The van der Waals surface area contributed by atoms with Crippen molar-refractivity contribution in [3.8, 4) is 5.75 Å². The molecule has 1 unspecified atom stereocenters. The van der Waals surface area contributed by atoms with Gasteiger partial charge in [-0.2, -0.15) is 0 Å². The number of carbonyl (C=O) groups excluding carboxylic acids is 1. The summed E-state index contributed by atoms with van der Waals surface area (Å²) in [5, 5.41) is 2.73. The van der Waals surface area contributed by atoms with E-state index in [1.807, 2.05) is 60.7 Å². The Bertz CT molecular complexity index is 1060. The number of hydrogen-bond acceptors (Lipinski definition) is 4. The fourth-order valence-corrected chi connectivity index (χ4v) is 3.09. The molecular formula is C20H12O4. The number of para-hydroxylation sites is 1. The van der Waals surface area contributed by atoms with Gasteiger partial charge in [0.2, 0.25) is 0 Å². The molecule has 3 aromatic carbocycles. The van der Waals surface area contributed by atoms with Crippen molar-refractivity contribution in [3.05, 3.63) is 78.1 Å². The molecule has 0 fully saturated rings. The van der Waals surface area contributed by atoms with E-state index >= 15 is 0 Å². The highest BCUT2D eigenvalue weighted by atomic mass is 16.7. The molecule has 4 nitrogen and oxygen atoms in total. The lowest BCUT2D eigenvalue weighted by molar-refractivity contribution is -0.0721. The van der Waals surface area contributed by atoms with E-state index in [1.54, 1.807) is 6.07 Å². The average Bonchev–Trinajstić information content (AvgIpc) is 3.05. The average molecular weight is 316 g/mol. The molecular weight excluding hydrogens is 304 g/mol. The number of ether oxygens (including phenoxy) is 2. The maximum Gasteiger partial charge on any atom is 0.346 e. The Morgan fingerprint density at radius 3 is 2.46 bits per heavy atom. The number of hydrogen-bond donors (Lipinski definition) is 0. The van der Waals surface area contributed by atoms with Gasteiger partial charge in [0.15, 0.2) is 5.76 Å². The summed E-state index contributed by atoms with van der Waals surface area (Å²) in [6.07, 6.45) is -0.876. The summed E-state index contributed by atoms with van der Waals surface area (Å²) in [6, 6.07) is 20.9. The van der Waals surface area contributed by atoms with Gasteiger partial charge >= 0.3 is 12.3 Å². The van der Waals surface area contributed by atoms with E-state index in [2.05, 4.69) is 0 Å². The molecule has 0 amide bonds. The van der Waals surface area contributed by atoms with Crippen LogP contribution in [0.2, 0.25) is 0 Å². The highest BCUT2D eigenvalue weighted by molar-refractivity contribution is 6.07. The van der Waals surface area contributed by atoms with E-state index in [-0.39, 0.29) is 0 Å². The Labute approximate surface area is 137 Å². The van der Waals surface area contributed by atoms with E-state index in [0.29, 0.717) is 17.1 Å². The van der Waals surface area contributed by atoms with Crippen LogP contribution in [0.15, 0.2) is 71.1 Å². The molecule has 1 aliphatic rings. The third kappa shape index (κ3) is 1.90. The van der Waals surface area contributed by atoms with Gasteiger partial charge in [-0.15, -0.1) is 0 Å². The van der Waals surface area contributed by atoms with Crippen LogP contribution >= 0.6 is 0 Å². The molecule has 1 atom stereocenters. The minimum atomic E-state index is -0.876. The van der Waals surface area contributed by atoms with Crippen molar-refractivity contribution < 1.29 is 18.7 Å². The zero-order valence-corrected chi connectivity index (χ0v) is 12.6. The molecule has 0 aliphatic carbocycles. The second-order valence-corrected chi connectivity index (χ2v) is 5.70. The van der Waals surface area contributed by atoms with E-state index in [0.717, 1.165) is 21.7 Å². The minimum absolute atomic E-state index is 0.404. The van der Waals surface area contributed by atoms with Gasteiger partial charge in [-0.3, -0.25) is 0 Å². The molecule has 116 valence electrons. The van der Waals surface area contributed by atoms with Crippen LogP contribution in [0.5, 0.6) is 5.75 Å². The quantitative estimate of drug-likeness (QED) is 0.472. The predicted octanol–water partition coefficient (Wildman–Crippen LogP) is 4.83. The van der Waals surface area contributed by atoms with Gasteiger partial charge in [-0.25, -0.2) is 4.79 Å². The van der Waals surface area contributed by atoms with Gasteiger partial charge in [0.1, 0.15) is 16.9 Å². The fraction of sp³-hybridized carbons (Fsp3) is 0.0500. The SMILES string of the molecule is O=C1OC(c2cc3ccccc3o2)Oc2ccc3ccccc3c21. The van der Waals surface area contributed by atoms with Gasteiger partial charge in [-0.05, 0) is 29.0 Å². The molecule has 4 aromatic rings. The molecule has 1 aliphatic heterocycles. The molecule has 0 saturated carbocycles. The van der Waals surface area contributed by atoms with Gasteiger partial charge < -0.3 is 13.9 Å². The zero-order valence-electron chi connectivity index (χ0n) is 12.6. The summed E-state index contributed by atoms with van der Waals surface area (Å²) < 4.78 is 17.1. The van der Waals surface area contributed by atoms with Crippen molar-refractivity contribution in [3.63, 3.8) is 0 Å². The summed E-state index contributed by atoms with van der Waals surface area (Å²) >= 11 is 0. The summed E-state index contributed by atoms with van der Waals surface area (Å²) in [5.41, 5.74) is 1.19. The first-order valence-electron chi connectivity index (χ1n) is 7.67. The van der Waals surface area contributed by atoms with Crippen molar-refractivity contribution in [1.82, 2.24) is 0 Å². The lowest BCUT2D eigenvalue weighted by Crippen LogP contribution is -2.23. The number of fused-ring (bicyclic) bond motifs is 4. The standard InChI is InChI=1S/C20H12O4/c21-19-18-14-7-3-1-5-12(14)9-10-16(18)23-20(24-19)17-11-13-6-2-4-8-15(13)22-17/h1-11,20H. The fourth-order valence-electron chi connectivity index (χ4n) is 3.09. The van der Waals surface area contributed by atoms with Gasteiger partial charge in [0.05, 0.1) is 0 Å². The molecule has 0 radical (unpaired) electrons. The number of furan rings is 1. The first kappa shape index (κ1) is 13.2. The highest BCUT2D eigenvalue weighted by Crippen LogP contribution is 2.38. The van der Waals surface area contributed by atoms with Crippen LogP contribution in [0.3, 0.4) is 0 Å². The Morgan fingerprint density at radius 2 is 1.58 bits per heavy atom. The number of cyclic esters (lactones) is 1. The van der Waals surface area contributed by atoms with Crippen molar-refractivity contribution in [2.75, 3.05) is 0 Å². The monoisotopic (exact) mass is 316 g/mol. The van der Waals surface area contributed by atoms with Crippen LogP contribution in [0, 0.1) is 0 Å². The lowest BCUT2D eigenvalue weighted by atomic mass is 10.0. The van der Waals surface area contributed by atoms with E-state index in [9.17, 15) is 4.79 Å². The lowest BCUT2D eigenvalue weighted by Gasteiger charge is -2.25. The highest BCUT2D eigenvalue weighted by Gasteiger charge is 2.32. The Kier molecular flexibility index (Phi) is 2.67. The molecule has 0 bridgehead atoms. The summed E-state index contributed by atoms with van der Waals surface area (Å²) in [4.78, 5) is 12.6. The molecule has 0 spiro atoms. The van der Waals surface area contributed by atoms with Crippen LogP contribution in [-0.2, 0) is 4.74 Å². The van der Waals surface area contributed by atoms with Gasteiger partial charge in [-0.1, -0.05) is 48.5 Å². The number of carbonyl (C=O) groups is 1. The third-order valence-electron chi connectivity index (χ3n) is 4.22. The number of benzene rings is 3. The van der Waals surface area contributed by atoms with Crippen LogP contribution in [0.1, 0.15) is 22.4 Å². The number of esters is 1. The molecule has 4 heteroatoms. The van der Waals surface area contributed by atoms with E-state index < -0.39 is 12.3 Å². The third-order valence-corrected chi connectivity index (χ3v) is 4.22. The Hall–Kier alpha value is -3.27. The maximum atomic E-state index is 12.6. The molecule has 5 rings (SSSR count). The Balaban J connectivity index is 1.61. The van der Waals surface area contributed by atoms with Crippen LogP contribution < -0.4 is 4.74 Å². The topological polar surface area (TPSA) is 48.7 Å². The second kappa shape index (κ2) is 4.86. The molecule has 1 aromatic heterocycles. The summed E-state index contributed by atoms with van der Waals surface area (Å²) in [6.45, 7) is 0. The summed E-state index contributed by atoms with van der Waals surface area (Å²) in [5.74, 6) is 0.581. The second-order valence-electron chi connectivity index (χ2n) is 5.70. The van der Waals surface area contributed by atoms with Crippen molar-refractivity contribution in [1.29, 1.82) is 0 Å². The first-order chi connectivity index (χ1) is 11.8. The molecule has 0 saturated heterocycles. The van der Waals surface area contributed by atoms with Crippen LogP contribution in [0.4, 0.5) is 0 Å². The number of rotatable bonds is 1. The summed E-state index contributed by atoms with van der Waals surface area (Å²) in [7, 11) is 0. The maximum absolute atomic E-state index is 12.6. The minimum Gasteiger partial charge on any atom is -0.453 e. The molecule has 24 heavy (non-hydrogen) atoms. The normalized spacial score (nSPS) is 16.7. The van der Waals surface area contributed by atoms with Crippen LogP contribution in [-0.4, -0.2) is 5.97 Å². The van der Waals surface area contributed by atoms with Crippen molar-refractivity contribution in [2.45, 2.75) is 6.29 Å². The zero-order chi connectivity index (χ0) is 16.1. The molecule has 2 heterocycles. The smallest absolute Gasteiger partial charge is 0.346 e. The molecule has 0 N–H and O–H groups in total. The largest absolute Gasteiger partial charge is 0.453 e. The van der Waals surface area contributed by atoms with Gasteiger partial charge in [0.25, 0.3) is 0 Å². The van der Waals surface area contributed by atoms with Gasteiger partial charge in [0, 0.05) is 5.39 Å². The van der Waals surface area contributed by atoms with E-state index in [4.69, 9.17) is 13.9 Å². The van der Waals surface area contributed by atoms with E-state index in [1.165, 1.54) is 0 Å². The van der Waals surface area contributed by atoms with Crippen molar-refractivity contribution >= 4 is 27.7 Å². The van der Waals surface area contributed by atoms with Crippen molar-refractivity contribution in [2.24, 2.45) is 0 Å². The first-order valence-corrected chi connectivity index (χ1v) is 7.67. The predicted molar refractivity (Wildman–Crippen MR) is 88.9 cm³/mol.